The fourth-order valence-electron chi connectivity index (χ4n) is 1.63. The van der Waals surface area contributed by atoms with Crippen molar-refractivity contribution in [2.24, 2.45) is 0 Å². The molecule has 0 aliphatic carbocycles. The third-order valence-electron chi connectivity index (χ3n) is 2.49. The summed E-state index contributed by atoms with van der Waals surface area (Å²) in [6.07, 6.45) is -1.60. The topological polar surface area (TPSA) is 59.4 Å². The van der Waals surface area contributed by atoms with Gasteiger partial charge in [-0.2, -0.15) is 0 Å². The number of halogens is 2. The Hall–Kier alpha value is -2.24. The van der Waals surface area contributed by atoms with Crippen molar-refractivity contribution >= 4 is 16.9 Å². The van der Waals surface area contributed by atoms with E-state index in [-0.39, 0.29) is 16.9 Å². The third kappa shape index (κ3) is 3.20. The van der Waals surface area contributed by atoms with E-state index >= 15 is 0 Å². The molecule has 6 heteroatoms. The predicted molar refractivity (Wildman–Crippen MR) is 71.6 cm³/mol. The van der Waals surface area contributed by atoms with Gasteiger partial charge >= 0.3 is 5.97 Å². The van der Waals surface area contributed by atoms with Gasteiger partial charge in [-0.15, -0.1) is 0 Å². The molecule has 20 heavy (non-hydrogen) atoms. The van der Waals surface area contributed by atoms with E-state index in [9.17, 15) is 13.6 Å². The zero-order valence-electron chi connectivity index (χ0n) is 11.4. The quantitative estimate of drug-likeness (QED) is 0.927. The summed E-state index contributed by atoms with van der Waals surface area (Å²) in [6.45, 7) is 4.00. The number of benzene rings is 1. The number of carboxylic acid groups (broad SMARTS) is 1. The number of ether oxygens (including phenoxy) is 1. The number of aromatic carboxylic acids is 1. The van der Waals surface area contributed by atoms with Crippen LogP contribution >= 0.6 is 0 Å². The lowest BCUT2D eigenvalue weighted by Crippen LogP contribution is -1.99. The normalized spacial score (nSPS) is 10.1. The number of hydrogen-bond acceptors (Lipinski definition) is 3. The van der Waals surface area contributed by atoms with E-state index in [0.717, 1.165) is 6.20 Å². The van der Waals surface area contributed by atoms with E-state index in [4.69, 9.17) is 9.84 Å². The van der Waals surface area contributed by atoms with Crippen molar-refractivity contribution < 1.29 is 23.4 Å². The highest BCUT2D eigenvalue weighted by Gasteiger charge is 2.14. The summed E-state index contributed by atoms with van der Waals surface area (Å²) in [5.41, 5.74) is 0.0616. The molecule has 0 atom stereocenters. The minimum atomic E-state index is -2.65. The number of nitrogens with zero attached hydrogens (tertiary/aromatic N) is 1. The van der Waals surface area contributed by atoms with Crippen LogP contribution in [0.4, 0.5) is 8.78 Å². The van der Waals surface area contributed by atoms with Gasteiger partial charge in [0.05, 0.1) is 12.7 Å². The van der Waals surface area contributed by atoms with E-state index < -0.39 is 12.4 Å². The number of alkyl halides is 2. The summed E-state index contributed by atoms with van der Waals surface area (Å²) in [6, 6.07) is 3.81. The SMILES string of the molecule is CC.COc1cc(C(=O)O)cc2cc(C(F)F)cnc12. The molecule has 1 aromatic carbocycles. The number of pyridine rings is 1. The Kier molecular flexibility index (Phi) is 5.37. The van der Waals surface area contributed by atoms with Gasteiger partial charge in [-0.3, -0.25) is 4.98 Å². The van der Waals surface area contributed by atoms with Gasteiger partial charge in [0.15, 0.2) is 0 Å². The van der Waals surface area contributed by atoms with Crippen LogP contribution in [0, 0.1) is 0 Å². The highest BCUT2D eigenvalue weighted by atomic mass is 19.3. The van der Waals surface area contributed by atoms with Gasteiger partial charge in [-0.25, -0.2) is 13.6 Å². The number of carbonyl (C=O) groups is 1. The summed E-state index contributed by atoms with van der Waals surface area (Å²) in [5, 5.41) is 9.23. The molecule has 0 bridgehead atoms. The van der Waals surface area contributed by atoms with Crippen molar-refractivity contribution in [3.8, 4) is 5.75 Å². The Morgan fingerprint density at radius 1 is 1.30 bits per heavy atom. The van der Waals surface area contributed by atoms with E-state index in [1.807, 2.05) is 13.8 Å². The number of rotatable bonds is 3. The molecule has 0 saturated carbocycles. The van der Waals surface area contributed by atoms with Gasteiger partial charge in [0.25, 0.3) is 6.43 Å². The second kappa shape index (κ2) is 6.79. The Morgan fingerprint density at radius 3 is 2.45 bits per heavy atom. The molecular formula is C14H15F2NO3. The molecule has 1 N–H and O–H groups in total. The van der Waals surface area contributed by atoms with Gasteiger partial charge in [0, 0.05) is 17.1 Å². The smallest absolute Gasteiger partial charge is 0.335 e. The molecule has 0 aliphatic heterocycles. The van der Waals surface area contributed by atoms with Crippen LogP contribution in [0.3, 0.4) is 0 Å². The summed E-state index contributed by atoms with van der Waals surface area (Å²) < 4.78 is 30.1. The zero-order chi connectivity index (χ0) is 15.3. The Balaban J connectivity index is 0.000000956. The molecule has 108 valence electrons. The Bertz CT molecular complexity index is 615. The highest BCUT2D eigenvalue weighted by Crippen LogP contribution is 2.29. The van der Waals surface area contributed by atoms with Crippen molar-refractivity contribution in [1.29, 1.82) is 0 Å². The second-order valence-electron chi connectivity index (χ2n) is 3.62. The van der Waals surface area contributed by atoms with Gasteiger partial charge in [-0.05, 0) is 18.2 Å². The van der Waals surface area contributed by atoms with Gasteiger partial charge in [0.2, 0.25) is 0 Å². The molecule has 0 unspecified atom stereocenters. The maximum atomic E-state index is 12.5. The number of aromatic nitrogens is 1. The van der Waals surface area contributed by atoms with E-state index in [0.29, 0.717) is 10.9 Å². The molecule has 0 saturated heterocycles. The summed E-state index contributed by atoms with van der Waals surface area (Å²) in [7, 11) is 1.36. The maximum Gasteiger partial charge on any atom is 0.335 e. The number of carboxylic acids is 1. The Morgan fingerprint density at radius 2 is 1.95 bits per heavy atom. The Labute approximate surface area is 115 Å². The minimum absolute atomic E-state index is 0.0347. The lowest BCUT2D eigenvalue weighted by atomic mass is 10.1. The van der Waals surface area contributed by atoms with Crippen molar-refractivity contribution in [3.63, 3.8) is 0 Å². The predicted octanol–water partition coefficient (Wildman–Crippen LogP) is 3.91. The average Bonchev–Trinajstić information content (AvgIpc) is 2.47. The van der Waals surface area contributed by atoms with Crippen LogP contribution in [-0.2, 0) is 0 Å². The summed E-state index contributed by atoms with van der Waals surface area (Å²) >= 11 is 0. The number of hydrogen-bond donors (Lipinski definition) is 1. The molecule has 0 radical (unpaired) electrons. The summed E-state index contributed by atoms with van der Waals surface area (Å²) in [5.74, 6) is -0.914. The first-order chi connectivity index (χ1) is 9.52. The lowest BCUT2D eigenvalue weighted by Gasteiger charge is -2.08. The van der Waals surface area contributed by atoms with Crippen LogP contribution < -0.4 is 4.74 Å². The average molecular weight is 283 g/mol. The van der Waals surface area contributed by atoms with E-state index in [1.165, 1.54) is 25.3 Å². The first kappa shape index (κ1) is 15.8. The first-order valence-corrected chi connectivity index (χ1v) is 6.02. The third-order valence-corrected chi connectivity index (χ3v) is 2.49. The standard InChI is InChI=1S/C12H9F2NO3.C2H6/c1-18-9-4-7(12(16)17)2-6-3-8(11(13)14)5-15-10(6)9;1-2/h2-5,11H,1H3,(H,16,17);1-2H3. The number of fused-ring (bicyclic) bond motifs is 1. The molecule has 0 amide bonds. The molecule has 1 heterocycles. The van der Waals surface area contributed by atoms with Gasteiger partial charge in [-0.1, -0.05) is 13.8 Å². The van der Waals surface area contributed by atoms with Crippen LogP contribution in [0.5, 0.6) is 5.75 Å². The van der Waals surface area contributed by atoms with Crippen LogP contribution in [0.15, 0.2) is 24.4 Å². The molecule has 0 spiro atoms. The van der Waals surface area contributed by atoms with Crippen molar-refractivity contribution in [3.05, 3.63) is 35.5 Å². The molecular weight excluding hydrogens is 268 g/mol. The lowest BCUT2D eigenvalue weighted by molar-refractivity contribution is 0.0696. The maximum absolute atomic E-state index is 12.5. The molecule has 4 nitrogen and oxygen atoms in total. The fraction of sp³-hybridized carbons (Fsp3) is 0.286. The highest BCUT2D eigenvalue weighted by molar-refractivity contribution is 5.96. The zero-order valence-corrected chi connectivity index (χ0v) is 11.4. The van der Waals surface area contributed by atoms with Crippen molar-refractivity contribution in [2.75, 3.05) is 7.11 Å². The summed E-state index contributed by atoms with van der Waals surface area (Å²) in [4.78, 5) is 14.8. The minimum Gasteiger partial charge on any atom is -0.494 e. The second-order valence-corrected chi connectivity index (χ2v) is 3.62. The fourth-order valence-corrected chi connectivity index (χ4v) is 1.63. The monoisotopic (exact) mass is 283 g/mol. The van der Waals surface area contributed by atoms with Crippen LogP contribution in [0.2, 0.25) is 0 Å². The van der Waals surface area contributed by atoms with Crippen LogP contribution in [0.25, 0.3) is 10.9 Å². The largest absolute Gasteiger partial charge is 0.494 e. The van der Waals surface area contributed by atoms with E-state index in [1.54, 1.807) is 0 Å². The molecule has 2 rings (SSSR count). The first-order valence-electron chi connectivity index (χ1n) is 6.02. The molecule has 0 fully saturated rings. The van der Waals surface area contributed by atoms with Crippen LogP contribution in [-0.4, -0.2) is 23.2 Å². The number of methoxy groups -OCH3 is 1. The van der Waals surface area contributed by atoms with Crippen molar-refractivity contribution in [1.82, 2.24) is 4.98 Å². The molecule has 0 aliphatic rings. The molecule has 1 aromatic heterocycles. The van der Waals surface area contributed by atoms with Crippen molar-refractivity contribution in [2.45, 2.75) is 20.3 Å². The van der Waals surface area contributed by atoms with E-state index in [2.05, 4.69) is 4.98 Å². The van der Waals surface area contributed by atoms with Gasteiger partial charge in [0.1, 0.15) is 11.3 Å². The van der Waals surface area contributed by atoms with Gasteiger partial charge < -0.3 is 9.84 Å². The molecule has 2 aromatic rings. The van der Waals surface area contributed by atoms with Crippen LogP contribution in [0.1, 0.15) is 36.2 Å².